The number of amides is 2. The quantitative estimate of drug-likeness (QED) is 0.121. The van der Waals surface area contributed by atoms with Crippen molar-refractivity contribution >= 4 is 41.4 Å². The number of aromatic nitrogens is 3. The number of nitrogens with zero attached hydrogens (tertiary/aromatic N) is 5. The van der Waals surface area contributed by atoms with Gasteiger partial charge in [-0.15, -0.1) is 0 Å². The SMILES string of the molecule is Cc1nn(CCCCC2CN(C(=O)OC(C)(C)C)C(C)(C)C2)cc1SNC(=O)c1ccc(N2C=CC(OCCC3(C(F)(F)F)CC3)N2)nc1Cl. The molecule has 1 aliphatic carbocycles. The summed E-state index contributed by atoms with van der Waals surface area (Å²) in [5, 5.41) is 6.13. The first-order valence-corrected chi connectivity index (χ1v) is 18.2. The molecule has 16 heteroatoms. The maximum atomic E-state index is 13.2. The third-order valence-electron chi connectivity index (χ3n) is 9.31. The molecule has 4 heterocycles. The molecule has 2 atom stereocenters. The molecular formula is C34H47ClF3N7O4S. The number of anilines is 1. The molecule has 3 aliphatic rings. The van der Waals surface area contributed by atoms with Crippen LogP contribution in [0, 0.1) is 18.3 Å². The van der Waals surface area contributed by atoms with Crippen LogP contribution in [0.4, 0.5) is 23.8 Å². The number of hydrogen-bond acceptors (Lipinski definition) is 9. The minimum Gasteiger partial charge on any atom is -0.444 e. The number of hydrogen-bond donors (Lipinski definition) is 2. The Hall–Kier alpha value is -3.01. The van der Waals surface area contributed by atoms with Gasteiger partial charge in [0, 0.05) is 37.6 Å². The highest BCUT2D eigenvalue weighted by molar-refractivity contribution is 7.98. The van der Waals surface area contributed by atoms with Crippen molar-refractivity contribution in [3.63, 3.8) is 0 Å². The van der Waals surface area contributed by atoms with Gasteiger partial charge in [-0.2, -0.15) is 23.7 Å². The average molecular weight is 742 g/mol. The van der Waals surface area contributed by atoms with E-state index in [9.17, 15) is 22.8 Å². The van der Waals surface area contributed by atoms with Crippen LogP contribution in [0.15, 0.2) is 35.5 Å². The molecule has 2 aromatic rings. The molecular weight excluding hydrogens is 695 g/mol. The highest BCUT2D eigenvalue weighted by atomic mass is 35.5. The second-order valence-electron chi connectivity index (χ2n) is 15.0. The van der Waals surface area contributed by atoms with Gasteiger partial charge in [0.25, 0.3) is 5.91 Å². The molecule has 1 saturated carbocycles. The van der Waals surface area contributed by atoms with Gasteiger partial charge >= 0.3 is 12.3 Å². The minimum absolute atomic E-state index is 0.00620. The lowest BCUT2D eigenvalue weighted by Gasteiger charge is -2.33. The third kappa shape index (κ3) is 9.45. The van der Waals surface area contributed by atoms with Crippen LogP contribution in [-0.2, 0) is 16.0 Å². The number of hydrazine groups is 1. The predicted octanol–water partition coefficient (Wildman–Crippen LogP) is 7.80. The Balaban J connectivity index is 1.03. The summed E-state index contributed by atoms with van der Waals surface area (Å²) in [5.74, 6) is 0.391. The number of pyridine rings is 1. The highest BCUT2D eigenvalue weighted by Crippen LogP contribution is 2.59. The average Bonchev–Trinajstić information content (AvgIpc) is 3.36. The van der Waals surface area contributed by atoms with Gasteiger partial charge in [0.05, 0.1) is 21.6 Å². The molecule has 2 unspecified atom stereocenters. The fraction of sp³-hybridized carbons (Fsp3) is 0.647. The van der Waals surface area contributed by atoms with Crippen molar-refractivity contribution in [3.8, 4) is 0 Å². The zero-order valence-corrected chi connectivity index (χ0v) is 31.0. The van der Waals surface area contributed by atoms with E-state index in [4.69, 9.17) is 21.1 Å². The molecule has 0 radical (unpaired) electrons. The normalized spacial score (nSPS) is 21.2. The summed E-state index contributed by atoms with van der Waals surface area (Å²) < 4.78 is 55.4. The van der Waals surface area contributed by atoms with Crippen molar-refractivity contribution in [2.75, 3.05) is 18.2 Å². The topological polar surface area (TPSA) is 114 Å². The number of likely N-dealkylation sites (tertiary alicyclic amines) is 1. The first kappa shape index (κ1) is 38.2. The van der Waals surface area contributed by atoms with Crippen LogP contribution in [0.25, 0.3) is 0 Å². The number of carbonyl (C=O) groups is 2. The van der Waals surface area contributed by atoms with Crippen LogP contribution in [0.2, 0.25) is 5.15 Å². The van der Waals surface area contributed by atoms with Crippen molar-refractivity contribution in [3.05, 3.63) is 47.0 Å². The van der Waals surface area contributed by atoms with Gasteiger partial charge in [-0.25, -0.2) is 9.78 Å². The van der Waals surface area contributed by atoms with E-state index < -0.39 is 29.3 Å². The summed E-state index contributed by atoms with van der Waals surface area (Å²) in [7, 11) is 0. The summed E-state index contributed by atoms with van der Waals surface area (Å²) >= 11 is 7.53. The highest BCUT2D eigenvalue weighted by Gasteiger charge is 2.62. The Kier molecular flexibility index (Phi) is 11.4. The Bertz CT molecular complexity index is 1570. The van der Waals surface area contributed by atoms with Crippen LogP contribution in [0.3, 0.4) is 0 Å². The van der Waals surface area contributed by atoms with E-state index in [0.717, 1.165) is 54.8 Å². The second kappa shape index (κ2) is 14.9. The van der Waals surface area contributed by atoms with Crippen molar-refractivity contribution < 1.29 is 32.2 Å². The van der Waals surface area contributed by atoms with E-state index in [1.54, 1.807) is 24.4 Å². The molecule has 1 saturated heterocycles. The smallest absolute Gasteiger partial charge is 0.410 e. The summed E-state index contributed by atoms with van der Waals surface area (Å²) in [5.41, 5.74) is 1.60. The third-order valence-corrected chi connectivity index (χ3v) is 10.5. The number of aryl methyl sites for hydroxylation is 2. The van der Waals surface area contributed by atoms with Crippen molar-refractivity contribution in [2.24, 2.45) is 11.3 Å². The molecule has 11 nitrogen and oxygen atoms in total. The first-order chi connectivity index (χ1) is 23.4. The lowest BCUT2D eigenvalue weighted by molar-refractivity contribution is -0.192. The monoisotopic (exact) mass is 741 g/mol. The van der Waals surface area contributed by atoms with E-state index in [1.807, 2.05) is 43.5 Å². The van der Waals surface area contributed by atoms with Gasteiger partial charge < -0.3 is 14.4 Å². The molecule has 2 fully saturated rings. The Morgan fingerprint density at radius 1 is 1.18 bits per heavy atom. The van der Waals surface area contributed by atoms with Gasteiger partial charge in [-0.05, 0) is 116 Å². The largest absolute Gasteiger partial charge is 0.444 e. The van der Waals surface area contributed by atoms with Gasteiger partial charge in [0.1, 0.15) is 22.8 Å². The lowest BCUT2D eigenvalue weighted by atomic mass is 9.93. The van der Waals surface area contributed by atoms with Gasteiger partial charge in [-0.1, -0.05) is 18.0 Å². The predicted molar refractivity (Wildman–Crippen MR) is 185 cm³/mol. The zero-order valence-electron chi connectivity index (χ0n) is 29.4. The van der Waals surface area contributed by atoms with Crippen LogP contribution in [0.1, 0.15) is 95.6 Å². The van der Waals surface area contributed by atoms with Crippen molar-refractivity contribution in [1.29, 1.82) is 0 Å². The molecule has 2 aromatic heterocycles. The Labute approximate surface area is 300 Å². The Morgan fingerprint density at radius 3 is 2.58 bits per heavy atom. The maximum Gasteiger partial charge on any atom is 0.410 e. The zero-order chi connectivity index (χ0) is 36.5. The van der Waals surface area contributed by atoms with E-state index >= 15 is 0 Å². The summed E-state index contributed by atoms with van der Waals surface area (Å²) in [6.45, 7) is 13.1. The van der Waals surface area contributed by atoms with Crippen LogP contribution in [-0.4, -0.2) is 68.4 Å². The fourth-order valence-corrected chi connectivity index (χ4v) is 7.27. The second-order valence-corrected chi connectivity index (χ2v) is 16.2. The molecule has 2 amide bonds. The summed E-state index contributed by atoms with van der Waals surface area (Å²) in [4.78, 5) is 32.7. The Morgan fingerprint density at radius 2 is 1.92 bits per heavy atom. The number of unbranched alkanes of at least 4 members (excludes halogenated alkanes) is 1. The van der Waals surface area contributed by atoms with Crippen LogP contribution < -0.4 is 15.2 Å². The number of carbonyl (C=O) groups excluding carboxylic acids is 2. The van der Waals surface area contributed by atoms with E-state index in [-0.39, 0.29) is 48.2 Å². The van der Waals surface area contributed by atoms with Crippen LogP contribution >= 0.6 is 23.5 Å². The molecule has 2 aliphatic heterocycles. The van der Waals surface area contributed by atoms with E-state index in [2.05, 4.69) is 34.1 Å². The molecule has 0 bridgehead atoms. The van der Waals surface area contributed by atoms with Gasteiger partial charge in [0.15, 0.2) is 0 Å². The summed E-state index contributed by atoms with van der Waals surface area (Å²) in [6, 6.07) is 3.16. The number of alkyl halides is 3. The number of ether oxygens (including phenoxy) is 2. The molecule has 0 spiro atoms. The van der Waals surface area contributed by atoms with Gasteiger partial charge in [-0.3, -0.25) is 19.2 Å². The number of nitrogens with one attached hydrogen (secondary N) is 2. The van der Waals surface area contributed by atoms with E-state index in [1.165, 1.54) is 5.01 Å². The first-order valence-electron chi connectivity index (χ1n) is 17.0. The van der Waals surface area contributed by atoms with E-state index in [0.29, 0.717) is 18.3 Å². The number of rotatable bonds is 13. The molecule has 5 rings (SSSR count). The standard InChI is InChI=1S/C34H47ClF3N7O4S/c1-22-25(21-43(40-22)16-8-7-9-23-19-32(5,6)44(20-23)30(47)49-31(2,3)4)50-42-29(46)24-10-11-26(39-28(24)35)45-17-12-27(41-45)48-18-15-33(13-14-33)34(36,37)38/h10-12,17,21,23,27,41H,7-9,13-16,18-20H2,1-6H3,(H,42,46). The molecule has 276 valence electrons. The fourth-order valence-electron chi connectivity index (χ4n) is 6.35. The molecule has 2 N–H and O–H groups in total. The summed E-state index contributed by atoms with van der Waals surface area (Å²) in [6.07, 6.45) is 4.24. The number of halogens is 4. The lowest BCUT2D eigenvalue weighted by Crippen LogP contribution is -2.45. The van der Waals surface area contributed by atoms with Crippen LogP contribution in [0.5, 0.6) is 0 Å². The maximum absolute atomic E-state index is 13.2. The minimum atomic E-state index is -4.21. The van der Waals surface area contributed by atoms with Gasteiger partial charge in [0.2, 0.25) is 0 Å². The molecule has 50 heavy (non-hydrogen) atoms. The van der Waals surface area contributed by atoms with Crippen molar-refractivity contribution in [1.82, 2.24) is 29.8 Å². The molecule has 0 aromatic carbocycles. The van der Waals surface area contributed by atoms with Crippen molar-refractivity contribution in [2.45, 2.75) is 121 Å².